The van der Waals surface area contributed by atoms with E-state index < -0.39 is 0 Å². The average molecular weight is 294 g/mol. The number of anilines is 1. The topological polar surface area (TPSA) is 57.2 Å². The molecule has 0 saturated heterocycles. The summed E-state index contributed by atoms with van der Waals surface area (Å²) in [6, 6.07) is 14.7. The molecular formula is C18H18N2O2. The Morgan fingerprint density at radius 3 is 2.45 bits per heavy atom. The van der Waals surface area contributed by atoms with Crippen molar-refractivity contribution in [1.82, 2.24) is 4.57 Å². The molecule has 0 atom stereocenters. The van der Waals surface area contributed by atoms with Crippen LogP contribution in [-0.4, -0.2) is 10.7 Å². The Morgan fingerprint density at radius 1 is 1.05 bits per heavy atom. The molecule has 3 rings (SSSR count). The lowest BCUT2D eigenvalue weighted by Crippen LogP contribution is -2.17. The number of hydrogen-bond donors (Lipinski definition) is 1. The van der Waals surface area contributed by atoms with Crippen LogP contribution >= 0.6 is 0 Å². The minimum atomic E-state index is -0.0571. The van der Waals surface area contributed by atoms with Crippen molar-refractivity contribution in [3.8, 4) is 11.4 Å². The van der Waals surface area contributed by atoms with E-state index in [2.05, 4.69) is 0 Å². The molecule has 2 N–H and O–H groups in total. The van der Waals surface area contributed by atoms with Gasteiger partial charge in [-0.2, -0.15) is 0 Å². The van der Waals surface area contributed by atoms with Crippen LogP contribution in [0.2, 0.25) is 0 Å². The summed E-state index contributed by atoms with van der Waals surface area (Å²) >= 11 is 0. The van der Waals surface area contributed by atoms with E-state index in [1.54, 1.807) is 22.9 Å². The molecule has 0 aliphatic carbocycles. The van der Waals surface area contributed by atoms with Crippen molar-refractivity contribution >= 4 is 16.5 Å². The molecule has 0 saturated carbocycles. The zero-order valence-electron chi connectivity index (χ0n) is 12.6. The summed E-state index contributed by atoms with van der Waals surface area (Å²) in [6.45, 7) is 3.95. The smallest absolute Gasteiger partial charge is 0.262 e. The van der Waals surface area contributed by atoms with Gasteiger partial charge in [0, 0.05) is 23.0 Å². The molecule has 0 aliphatic rings. The Morgan fingerprint density at radius 2 is 1.77 bits per heavy atom. The maximum atomic E-state index is 12.6. The molecule has 0 radical (unpaired) electrons. The maximum absolute atomic E-state index is 12.6. The SMILES string of the molecule is CC(C)Oc1ccc2c(=O)n(-c3ccc(N)cc3)ccc2c1. The summed E-state index contributed by atoms with van der Waals surface area (Å²) in [4.78, 5) is 12.6. The second-order valence-corrected chi connectivity index (χ2v) is 5.50. The van der Waals surface area contributed by atoms with E-state index in [4.69, 9.17) is 10.5 Å². The van der Waals surface area contributed by atoms with E-state index in [0.717, 1.165) is 16.8 Å². The zero-order valence-corrected chi connectivity index (χ0v) is 12.6. The molecule has 4 nitrogen and oxygen atoms in total. The lowest BCUT2D eigenvalue weighted by molar-refractivity contribution is 0.243. The van der Waals surface area contributed by atoms with Crippen molar-refractivity contribution in [1.29, 1.82) is 0 Å². The van der Waals surface area contributed by atoms with Crippen molar-refractivity contribution in [3.63, 3.8) is 0 Å². The molecule has 0 bridgehead atoms. The molecule has 1 aromatic heterocycles. The molecule has 3 aromatic rings. The van der Waals surface area contributed by atoms with Crippen molar-refractivity contribution < 1.29 is 4.74 Å². The van der Waals surface area contributed by atoms with Gasteiger partial charge in [0.25, 0.3) is 5.56 Å². The summed E-state index contributed by atoms with van der Waals surface area (Å²) < 4.78 is 7.28. The first-order valence-electron chi connectivity index (χ1n) is 7.22. The van der Waals surface area contributed by atoms with Crippen molar-refractivity contribution in [3.05, 3.63) is 65.1 Å². The molecule has 0 amide bonds. The monoisotopic (exact) mass is 294 g/mol. The molecule has 22 heavy (non-hydrogen) atoms. The first kappa shape index (κ1) is 14.2. The fourth-order valence-corrected chi connectivity index (χ4v) is 2.41. The van der Waals surface area contributed by atoms with Crippen LogP contribution in [0, 0.1) is 0 Å². The largest absolute Gasteiger partial charge is 0.491 e. The van der Waals surface area contributed by atoms with Crippen LogP contribution in [0.25, 0.3) is 16.5 Å². The molecule has 0 fully saturated rings. The fourth-order valence-electron chi connectivity index (χ4n) is 2.41. The molecule has 112 valence electrons. The van der Waals surface area contributed by atoms with Crippen LogP contribution < -0.4 is 16.0 Å². The number of nitrogens with two attached hydrogens (primary N) is 1. The van der Waals surface area contributed by atoms with Gasteiger partial charge in [0.1, 0.15) is 5.75 Å². The number of aromatic nitrogens is 1. The second-order valence-electron chi connectivity index (χ2n) is 5.50. The standard InChI is InChI=1S/C18H18N2O2/c1-12(2)22-16-7-8-17-13(11-16)9-10-20(18(17)21)15-5-3-14(19)4-6-15/h3-12H,19H2,1-2H3. The quantitative estimate of drug-likeness (QED) is 0.754. The number of benzene rings is 2. The highest BCUT2D eigenvalue weighted by Gasteiger charge is 2.06. The summed E-state index contributed by atoms with van der Waals surface area (Å²) in [7, 11) is 0. The van der Waals surface area contributed by atoms with Gasteiger partial charge in [-0.1, -0.05) is 0 Å². The van der Waals surface area contributed by atoms with Gasteiger partial charge >= 0.3 is 0 Å². The van der Waals surface area contributed by atoms with E-state index >= 15 is 0 Å². The number of ether oxygens (including phenoxy) is 1. The van der Waals surface area contributed by atoms with Crippen LogP contribution in [0.1, 0.15) is 13.8 Å². The minimum Gasteiger partial charge on any atom is -0.491 e. The summed E-state index contributed by atoms with van der Waals surface area (Å²) in [5.74, 6) is 0.770. The first-order chi connectivity index (χ1) is 10.5. The number of nitrogens with zero attached hydrogens (tertiary/aromatic N) is 1. The highest BCUT2D eigenvalue weighted by Crippen LogP contribution is 2.20. The van der Waals surface area contributed by atoms with Gasteiger partial charge in [-0.3, -0.25) is 9.36 Å². The molecule has 4 heteroatoms. The number of rotatable bonds is 3. The molecule has 0 aliphatic heterocycles. The van der Waals surface area contributed by atoms with Gasteiger partial charge in [0.05, 0.1) is 6.10 Å². The lowest BCUT2D eigenvalue weighted by Gasteiger charge is -2.11. The fraction of sp³-hybridized carbons (Fsp3) is 0.167. The Bertz CT molecular complexity index is 864. The molecule has 1 heterocycles. The average Bonchev–Trinajstić information content (AvgIpc) is 2.48. The minimum absolute atomic E-state index is 0.0571. The Kier molecular flexibility index (Phi) is 3.59. The summed E-state index contributed by atoms with van der Waals surface area (Å²) in [5.41, 5.74) is 7.10. The van der Waals surface area contributed by atoms with Gasteiger partial charge in [-0.05, 0) is 67.8 Å². The predicted octanol–water partition coefficient (Wildman–Crippen LogP) is 3.36. The highest BCUT2D eigenvalue weighted by atomic mass is 16.5. The van der Waals surface area contributed by atoms with E-state index in [-0.39, 0.29) is 11.7 Å². The Balaban J connectivity index is 2.10. The van der Waals surface area contributed by atoms with E-state index in [9.17, 15) is 4.79 Å². The third-order valence-electron chi connectivity index (χ3n) is 3.42. The van der Waals surface area contributed by atoms with Crippen LogP contribution in [0.15, 0.2) is 59.5 Å². The normalized spacial score (nSPS) is 11.0. The third kappa shape index (κ3) is 2.68. The summed E-state index contributed by atoms with van der Waals surface area (Å²) in [5, 5.41) is 1.53. The zero-order chi connectivity index (χ0) is 15.7. The maximum Gasteiger partial charge on any atom is 0.262 e. The van der Waals surface area contributed by atoms with Crippen molar-refractivity contribution in [2.75, 3.05) is 5.73 Å². The van der Waals surface area contributed by atoms with E-state index in [1.165, 1.54) is 0 Å². The molecule has 0 unspecified atom stereocenters. The molecule has 2 aromatic carbocycles. The Labute approximate surface area is 128 Å². The van der Waals surface area contributed by atoms with Gasteiger partial charge in [-0.25, -0.2) is 0 Å². The second kappa shape index (κ2) is 5.56. The van der Waals surface area contributed by atoms with Gasteiger partial charge in [-0.15, -0.1) is 0 Å². The highest BCUT2D eigenvalue weighted by molar-refractivity contribution is 5.83. The molecular weight excluding hydrogens is 276 g/mol. The van der Waals surface area contributed by atoms with Crippen LogP contribution in [0.3, 0.4) is 0 Å². The third-order valence-corrected chi connectivity index (χ3v) is 3.42. The summed E-state index contributed by atoms with van der Waals surface area (Å²) in [6.07, 6.45) is 1.88. The van der Waals surface area contributed by atoms with Crippen LogP contribution in [0.4, 0.5) is 5.69 Å². The number of fused-ring (bicyclic) bond motifs is 1. The number of nitrogen functional groups attached to an aromatic ring is 1. The van der Waals surface area contributed by atoms with Gasteiger partial charge in [0.2, 0.25) is 0 Å². The van der Waals surface area contributed by atoms with Crippen LogP contribution in [-0.2, 0) is 0 Å². The van der Waals surface area contributed by atoms with E-state index in [1.807, 2.05) is 50.2 Å². The van der Waals surface area contributed by atoms with Crippen LogP contribution in [0.5, 0.6) is 5.75 Å². The lowest BCUT2D eigenvalue weighted by atomic mass is 10.1. The number of hydrogen-bond acceptors (Lipinski definition) is 3. The van der Waals surface area contributed by atoms with E-state index in [0.29, 0.717) is 11.1 Å². The predicted molar refractivity (Wildman–Crippen MR) is 89.7 cm³/mol. The van der Waals surface area contributed by atoms with Crippen molar-refractivity contribution in [2.24, 2.45) is 0 Å². The first-order valence-corrected chi connectivity index (χ1v) is 7.22. The Hall–Kier alpha value is -2.75. The number of pyridine rings is 1. The molecule has 0 spiro atoms. The van der Waals surface area contributed by atoms with Crippen molar-refractivity contribution in [2.45, 2.75) is 20.0 Å². The van der Waals surface area contributed by atoms with Gasteiger partial charge in [0.15, 0.2) is 0 Å². The van der Waals surface area contributed by atoms with Gasteiger partial charge < -0.3 is 10.5 Å².